The molecule has 1 amide bonds. The van der Waals surface area contributed by atoms with Gasteiger partial charge in [0.05, 0.1) is 7.11 Å². The second-order valence-corrected chi connectivity index (χ2v) is 7.90. The van der Waals surface area contributed by atoms with Crippen LogP contribution in [0, 0.1) is 6.92 Å². The summed E-state index contributed by atoms with van der Waals surface area (Å²) in [5.74, 6) is 1.86. The highest BCUT2D eigenvalue weighted by Crippen LogP contribution is 2.34. The van der Waals surface area contributed by atoms with E-state index in [-0.39, 0.29) is 11.9 Å². The van der Waals surface area contributed by atoms with Gasteiger partial charge in [0.2, 0.25) is 5.91 Å². The van der Waals surface area contributed by atoms with Crippen molar-refractivity contribution in [3.8, 4) is 28.3 Å². The van der Waals surface area contributed by atoms with E-state index in [1.807, 2.05) is 25.4 Å². The van der Waals surface area contributed by atoms with Gasteiger partial charge in [0.1, 0.15) is 12.1 Å². The van der Waals surface area contributed by atoms with Crippen LogP contribution in [0.25, 0.3) is 22.5 Å². The summed E-state index contributed by atoms with van der Waals surface area (Å²) < 4.78 is 7.47. The minimum Gasteiger partial charge on any atom is -0.497 e. The molecule has 1 fully saturated rings. The third kappa shape index (κ3) is 4.08. The Hall–Kier alpha value is -3.15. The summed E-state index contributed by atoms with van der Waals surface area (Å²) in [6, 6.07) is 15.1. The van der Waals surface area contributed by atoms with Gasteiger partial charge in [-0.3, -0.25) is 4.79 Å². The van der Waals surface area contributed by atoms with E-state index in [0.29, 0.717) is 12.5 Å². The maximum absolute atomic E-state index is 11.7. The summed E-state index contributed by atoms with van der Waals surface area (Å²) in [6.45, 7) is 3.98. The average molecular weight is 405 g/mol. The lowest BCUT2D eigenvalue weighted by molar-refractivity contribution is -0.121. The summed E-state index contributed by atoms with van der Waals surface area (Å²) in [4.78, 5) is 11.7. The van der Waals surface area contributed by atoms with Gasteiger partial charge in [0, 0.05) is 24.1 Å². The number of carbonyl (C=O) groups is 1. The molecule has 0 saturated heterocycles. The van der Waals surface area contributed by atoms with Gasteiger partial charge >= 0.3 is 0 Å². The molecule has 4 rings (SSSR count). The van der Waals surface area contributed by atoms with Crippen LogP contribution in [-0.2, 0) is 4.79 Å². The minimum absolute atomic E-state index is 0.119. The van der Waals surface area contributed by atoms with Gasteiger partial charge in [-0.2, -0.15) is 0 Å². The molecule has 2 atom stereocenters. The van der Waals surface area contributed by atoms with Gasteiger partial charge in [-0.15, -0.1) is 10.2 Å². The fourth-order valence-corrected chi connectivity index (χ4v) is 4.27. The van der Waals surface area contributed by atoms with Crippen LogP contribution in [0.15, 0.2) is 48.8 Å². The molecule has 3 aromatic rings. The smallest absolute Gasteiger partial charge is 0.219 e. The van der Waals surface area contributed by atoms with E-state index in [1.54, 1.807) is 7.11 Å². The van der Waals surface area contributed by atoms with Crippen LogP contribution in [0.4, 0.5) is 0 Å². The predicted octanol–water partition coefficient (Wildman–Crippen LogP) is 4.55. The van der Waals surface area contributed by atoms with Crippen molar-refractivity contribution in [1.29, 1.82) is 0 Å². The quantitative estimate of drug-likeness (QED) is 0.654. The Morgan fingerprint density at radius 1 is 1.17 bits per heavy atom. The first-order valence-electron chi connectivity index (χ1n) is 10.5. The van der Waals surface area contributed by atoms with Crippen LogP contribution in [0.3, 0.4) is 0 Å². The van der Waals surface area contributed by atoms with Gasteiger partial charge in [0.15, 0.2) is 5.82 Å². The van der Waals surface area contributed by atoms with E-state index in [9.17, 15) is 4.79 Å². The average Bonchev–Trinajstić information content (AvgIpc) is 3.43. The molecule has 2 unspecified atom stereocenters. The monoisotopic (exact) mass is 404 g/mol. The number of aryl methyl sites for hydroxylation is 1. The molecule has 1 N–H and O–H groups in total. The topological polar surface area (TPSA) is 69.0 Å². The van der Waals surface area contributed by atoms with E-state index in [0.717, 1.165) is 42.0 Å². The molecule has 2 aromatic carbocycles. The molecular weight excluding hydrogens is 376 g/mol. The Morgan fingerprint density at radius 2 is 1.93 bits per heavy atom. The Bertz CT molecular complexity index is 1030. The van der Waals surface area contributed by atoms with Crippen molar-refractivity contribution in [1.82, 2.24) is 20.1 Å². The molecule has 6 heteroatoms. The summed E-state index contributed by atoms with van der Waals surface area (Å²) in [6.07, 6.45) is 5.26. The zero-order valence-corrected chi connectivity index (χ0v) is 17.8. The van der Waals surface area contributed by atoms with Crippen molar-refractivity contribution in [3.63, 3.8) is 0 Å². The summed E-state index contributed by atoms with van der Waals surface area (Å²) in [7, 11) is 1.68. The summed E-state index contributed by atoms with van der Waals surface area (Å²) >= 11 is 0. The minimum atomic E-state index is 0.119. The van der Waals surface area contributed by atoms with Crippen LogP contribution in [0.2, 0.25) is 0 Å². The second kappa shape index (κ2) is 8.69. The maximum Gasteiger partial charge on any atom is 0.219 e. The highest BCUT2D eigenvalue weighted by molar-refractivity contribution is 5.75. The van der Waals surface area contributed by atoms with Crippen LogP contribution < -0.4 is 10.1 Å². The zero-order chi connectivity index (χ0) is 21.1. The summed E-state index contributed by atoms with van der Waals surface area (Å²) in [5.41, 5.74) is 4.57. The number of methoxy groups -OCH3 is 1. The van der Waals surface area contributed by atoms with Crippen LogP contribution >= 0.6 is 0 Å². The third-order valence-electron chi connectivity index (χ3n) is 5.95. The molecule has 1 saturated carbocycles. The normalized spacial score (nSPS) is 18.4. The Kier molecular flexibility index (Phi) is 5.84. The number of hydrogen-bond acceptors (Lipinski definition) is 4. The van der Waals surface area contributed by atoms with Crippen LogP contribution in [0.1, 0.15) is 44.2 Å². The predicted molar refractivity (Wildman–Crippen MR) is 117 cm³/mol. The molecule has 6 nitrogen and oxygen atoms in total. The Balaban J connectivity index is 1.53. The van der Waals surface area contributed by atoms with Crippen molar-refractivity contribution in [2.24, 2.45) is 0 Å². The maximum atomic E-state index is 11.7. The highest BCUT2D eigenvalue weighted by atomic mass is 16.5. The van der Waals surface area contributed by atoms with Gasteiger partial charge in [-0.1, -0.05) is 37.3 Å². The third-order valence-corrected chi connectivity index (χ3v) is 5.95. The van der Waals surface area contributed by atoms with Gasteiger partial charge in [-0.05, 0) is 55.0 Å². The van der Waals surface area contributed by atoms with Crippen LogP contribution in [0.5, 0.6) is 5.75 Å². The van der Waals surface area contributed by atoms with E-state index in [1.165, 1.54) is 11.1 Å². The van der Waals surface area contributed by atoms with E-state index in [2.05, 4.69) is 57.3 Å². The van der Waals surface area contributed by atoms with E-state index >= 15 is 0 Å². The standard InChI is InChI=1S/C24H28N4O2/c1-4-23(29)26-19-9-10-20(14-19)28-15-25-27-24(28)18-7-5-17(6-8-18)22-12-11-21(30-3)13-16(22)2/h5-8,11-13,15,19-20H,4,9-10,14H2,1-3H3,(H,26,29). The lowest BCUT2D eigenvalue weighted by Crippen LogP contribution is -2.32. The number of benzene rings is 2. The molecular formula is C24H28N4O2. The number of nitrogens with one attached hydrogen (secondary N) is 1. The molecule has 1 aliphatic carbocycles. The van der Waals surface area contributed by atoms with Crippen molar-refractivity contribution in [3.05, 3.63) is 54.4 Å². The first-order valence-corrected chi connectivity index (χ1v) is 10.5. The number of aromatic nitrogens is 3. The lowest BCUT2D eigenvalue weighted by Gasteiger charge is -2.16. The van der Waals surface area contributed by atoms with E-state index in [4.69, 9.17) is 4.74 Å². The molecule has 30 heavy (non-hydrogen) atoms. The lowest BCUT2D eigenvalue weighted by atomic mass is 9.99. The Morgan fingerprint density at radius 3 is 2.63 bits per heavy atom. The number of rotatable bonds is 6. The number of nitrogens with zero attached hydrogens (tertiary/aromatic N) is 3. The fraction of sp³-hybridized carbons (Fsp3) is 0.375. The molecule has 0 radical (unpaired) electrons. The SMILES string of the molecule is CCC(=O)NC1CCC(n2cnnc2-c2ccc(-c3ccc(OC)cc3C)cc2)C1. The largest absolute Gasteiger partial charge is 0.497 e. The number of hydrogen-bond donors (Lipinski definition) is 1. The molecule has 0 bridgehead atoms. The molecule has 0 spiro atoms. The number of carbonyl (C=O) groups excluding carboxylic acids is 1. The van der Waals surface area contributed by atoms with Crippen molar-refractivity contribution in [2.75, 3.05) is 7.11 Å². The fourth-order valence-electron chi connectivity index (χ4n) is 4.27. The number of ether oxygens (including phenoxy) is 1. The summed E-state index contributed by atoms with van der Waals surface area (Å²) in [5, 5.41) is 11.7. The first kappa shape index (κ1) is 20.1. The molecule has 1 heterocycles. The zero-order valence-electron chi connectivity index (χ0n) is 17.8. The highest BCUT2D eigenvalue weighted by Gasteiger charge is 2.28. The molecule has 0 aliphatic heterocycles. The Labute approximate surface area is 177 Å². The van der Waals surface area contributed by atoms with Crippen molar-refractivity contribution in [2.45, 2.75) is 51.6 Å². The molecule has 156 valence electrons. The van der Waals surface area contributed by atoms with Gasteiger partial charge in [-0.25, -0.2) is 0 Å². The van der Waals surface area contributed by atoms with Gasteiger partial charge in [0.25, 0.3) is 0 Å². The van der Waals surface area contributed by atoms with E-state index < -0.39 is 0 Å². The molecule has 1 aromatic heterocycles. The van der Waals surface area contributed by atoms with Crippen LogP contribution in [-0.4, -0.2) is 33.8 Å². The van der Waals surface area contributed by atoms with Crippen molar-refractivity contribution >= 4 is 5.91 Å². The second-order valence-electron chi connectivity index (χ2n) is 7.90. The van der Waals surface area contributed by atoms with Crippen molar-refractivity contribution < 1.29 is 9.53 Å². The molecule has 1 aliphatic rings. The van der Waals surface area contributed by atoms with Gasteiger partial charge < -0.3 is 14.6 Å². The number of amides is 1. The first-order chi connectivity index (χ1) is 14.6.